The molecule has 0 atom stereocenters. The number of hydrogen-bond donors (Lipinski definition) is 2. The van der Waals surface area contributed by atoms with E-state index in [1.165, 1.54) is 0 Å². The van der Waals surface area contributed by atoms with Crippen molar-refractivity contribution in [3.63, 3.8) is 0 Å². The second-order valence-electron chi connectivity index (χ2n) is 7.46. The van der Waals surface area contributed by atoms with E-state index < -0.39 is 10.0 Å². The number of halogens is 1. The van der Waals surface area contributed by atoms with Crippen LogP contribution in [0.1, 0.15) is 44.9 Å². The van der Waals surface area contributed by atoms with Crippen molar-refractivity contribution in [1.82, 2.24) is 19.3 Å². The quantitative estimate of drug-likeness (QED) is 0.321. The Morgan fingerprint density at radius 3 is 2.70 bits per heavy atom. The second kappa shape index (κ2) is 10.4. The van der Waals surface area contributed by atoms with Crippen molar-refractivity contribution < 1.29 is 8.42 Å². The van der Waals surface area contributed by atoms with Gasteiger partial charge in [-0.3, -0.25) is 0 Å². The number of anilines is 1. The topological polar surface area (TPSA) is 103 Å². The van der Waals surface area contributed by atoms with Crippen LogP contribution in [0.5, 0.6) is 0 Å². The fourth-order valence-electron chi connectivity index (χ4n) is 3.61. The Kier molecular flexibility index (Phi) is 7.91. The van der Waals surface area contributed by atoms with Crippen LogP contribution in [-0.2, 0) is 23.0 Å². The lowest BCUT2D eigenvalue weighted by atomic mass is 10.2. The normalized spacial score (nSPS) is 12.2. The number of aryl methyl sites for hydroxylation is 2. The average Bonchev–Trinajstić information content (AvgIpc) is 3.10. The number of imidazole rings is 1. The fraction of sp³-hybridized carbons (Fsp3) is 0.524. The number of fused-ring (bicyclic) bond motifs is 3. The van der Waals surface area contributed by atoms with E-state index in [1.54, 1.807) is 0 Å². The highest BCUT2D eigenvalue weighted by Gasteiger charge is 2.17. The number of hydrogen-bond acceptors (Lipinski definition) is 5. The van der Waals surface area contributed by atoms with E-state index >= 15 is 0 Å². The van der Waals surface area contributed by atoms with Gasteiger partial charge in [0.05, 0.1) is 16.8 Å². The van der Waals surface area contributed by atoms with E-state index in [0.29, 0.717) is 24.7 Å². The van der Waals surface area contributed by atoms with E-state index in [1.807, 2.05) is 18.2 Å². The molecule has 0 radical (unpaired) electrons. The highest BCUT2D eigenvalue weighted by molar-refractivity contribution is 7.89. The molecule has 2 aromatic heterocycles. The molecule has 0 aliphatic carbocycles. The number of nitrogens with zero attached hydrogens (tertiary/aromatic N) is 3. The Balaban J connectivity index is 1.79. The molecule has 3 rings (SSSR count). The van der Waals surface area contributed by atoms with Crippen LogP contribution in [0.25, 0.3) is 21.9 Å². The maximum Gasteiger partial charge on any atom is 0.211 e. The zero-order chi connectivity index (χ0) is 21.6. The standard InChI is InChI=1S/C21H30ClN5O2S/c1-2-3-11-18-26-19-20(16-9-4-5-10-17(16)25-21(19)23)27(18)14-7-6-13-24-30(28,29)15-8-12-22/h4-5,9-10,24H,2-3,6-8,11-15H2,1H3,(H2,23,25). The number of sulfonamides is 1. The fourth-order valence-corrected chi connectivity index (χ4v) is 5.03. The first-order valence-electron chi connectivity index (χ1n) is 10.5. The second-order valence-corrected chi connectivity index (χ2v) is 9.76. The highest BCUT2D eigenvalue weighted by Crippen LogP contribution is 2.29. The number of rotatable bonds is 12. The van der Waals surface area contributed by atoms with Gasteiger partial charge in [0.25, 0.3) is 0 Å². The molecule has 30 heavy (non-hydrogen) atoms. The number of unbranched alkanes of at least 4 members (excludes halogenated alkanes) is 2. The largest absolute Gasteiger partial charge is 0.382 e. The van der Waals surface area contributed by atoms with Crippen LogP contribution in [0.2, 0.25) is 0 Å². The molecule has 3 aromatic rings. The molecule has 0 aliphatic heterocycles. The van der Waals surface area contributed by atoms with Crippen molar-refractivity contribution in [3.8, 4) is 0 Å². The van der Waals surface area contributed by atoms with Gasteiger partial charge in [-0.1, -0.05) is 31.5 Å². The summed E-state index contributed by atoms with van der Waals surface area (Å²) in [6.45, 7) is 3.34. The van der Waals surface area contributed by atoms with Crippen molar-refractivity contribution in [2.75, 3.05) is 23.9 Å². The first kappa shape index (κ1) is 22.8. The molecule has 0 unspecified atom stereocenters. The minimum absolute atomic E-state index is 0.0715. The highest BCUT2D eigenvalue weighted by atomic mass is 35.5. The SMILES string of the molecule is CCCCc1nc2c(N)nc3ccccc3c2n1CCCCNS(=O)(=O)CCCCl. The first-order chi connectivity index (χ1) is 14.5. The zero-order valence-electron chi connectivity index (χ0n) is 17.4. The Morgan fingerprint density at radius 1 is 1.13 bits per heavy atom. The van der Waals surface area contributed by atoms with Gasteiger partial charge >= 0.3 is 0 Å². The predicted molar refractivity (Wildman–Crippen MR) is 124 cm³/mol. The number of aromatic nitrogens is 3. The summed E-state index contributed by atoms with van der Waals surface area (Å²) < 4.78 is 28.7. The summed E-state index contributed by atoms with van der Waals surface area (Å²) in [7, 11) is -3.25. The third kappa shape index (κ3) is 5.42. The van der Waals surface area contributed by atoms with Gasteiger partial charge in [-0.05, 0) is 31.7 Å². The van der Waals surface area contributed by atoms with E-state index in [4.69, 9.17) is 22.3 Å². The lowest BCUT2D eigenvalue weighted by Crippen LogP contribution is -2.27. The molecule has 7 nitrogen and oxygen atoms in total. The minimum Gasteiger partial charge on any atom is -0.382 e. The minimum atomic E-state index is -3.25. The molecule has 0 saturated heterocycles. The number of nitrogen functional groups attached to an aromatic ring is 1. The van der Waals surface area contributed by atoms with Gasteiger partial charge in [-0.15, -0.1) is 11.6 Å². The van der Waals surface area contributed by atoms with Crippen molar-refractivity contribution in [2.24, 2.45) is 0 Å². The Labute approximate surface area is 183 Å². The van der Waals surface area contributed by atoms with Gasteiger partial charge in [0.2, 0.25) is 10.0 Å². The molecule has 0 saturated carbocycles. The summed E-state index contributed by atoms with van der Waals surface area (Å²) in [6, 6.07) is 7.97. The van der Waals surface area contributed by atoms with Gasteiger partial charge in [0.1, 0.15) is 11.3 Å². The summed E-state index contributed by atoms with van der Waals surface area (Å²) >= 11 is 5.59. The molecule has 0 spiro atoms. The summed E-state index contributed by atoms with van der Waals surface area (Å²) in [5.74, 6) is 1.88. The number of nitrogens with one attached hydrogen (secondary N) is 1. The Hall–Kier alpha value is -1.90. The smallest absolute Gasteiger partial charge is 0.211 e. The van der Waals surface area contributed by atoms with Crippen molar-refractivity contribution >= 4 is 49.4 Å². The zero-order valence-corrected chi connectivity index (χ0v) is 19.0. The molecular weight excluding hydrogens is 422 g/mol. The van der Waals surface area contributed by atoms with Crippen LogP contribution < -0.4 is 10.5 Å². The van der Waals surface area contributed by atoms with Crippen LogP contribution >= 0.6 is 11.6 Å². The van der Waals surface area contributed by atoms with Crippen LogP contribution in [0, 0.1) is 0 Å². The summed E-state index contributed by atoms with van der Waals surface area (Å²) in [6.07, 6.45) is 5.05. The molecule has 0 bridgehead atoms. The molecule has 2 heterocycles. The molecule has 1 aromatic carbocycles. The van der Waals surface area contributed by atoms with Gasteiger partial charge in [-0.25, -0.2) is 23.1 Å². The molecule has 9 heteroatoms. The van der Waals surface area contributed by atoms with E-state index in [9.17, 15) is 8.42 Å². The lowest BCUT2D eigenvalue weighted by Gasteiger charge is -2.11. The number of benzene rings is 1. The van der Waals surface area contributed by atoms with Gasteiger partial charge < -0.3 is 10.3 Å². The Morgan fingerprint density at radius 2 is 1.93 bits per heavy atom. The van der Waals surface area contributed by atoms with Gasteiger partial charge in [0.15, 0.2) is 5.82 Å². The summed E-state index contributed by atoms with van der Waals surface area (Å²) in [5, 5.41) is 1.04. The third-order valence-corrected chi connectivity index (χ3v) is 6.86. The molecule has 3 N–H and O–H groups in total. The lowest BCUT2D eigenvalue weighted by molar-refractivity contribution is 0.561. The number of alkyl halides is 1. The molecule has 0 fully saturated rings. The summed E-state index contributed by atoms with van der Waals surface area (Å²) in [4.78, 5) is 9.34. The maximum absolute atomic E-state index is 11.9. The predicted octanol–water partition coefficient (Wildman–Crippen LogP) is 3.84. The van der Waals surface area contributed by atoms with Gasteiger partial charge in [-0.2, -0.15) is 0 Å². The number of pyridine rings is 1. The first-order valence-corrected chi connectivity index (χ1v) is 12.7. The van der Waals surface area contributed by atoms with Crippen LogP contribution in [0.15, 0.2) is 24.3 Å². The van der Waals surface area contributed by atoms with E-state index in [2.05, 4.69) is 27.3 Å². The van der Waals surface area contributed by atoms with E-state index in [0.717, 1.165) is 66.4 Å². The molecule has 164 valence electrons. The molecule has 0 aliphatic rings. The Bertz CT molecular complexity index is 1100. The number of para-hydroxylation sites is 1. The average molecular weight is 452 g/mol. The summed E-state index contributed by atoms with van der Waals surface area (Å²) in [5.41, 5.74) is 8.86. The van der Waals surface area contributed by atoms with Crippen molar-refractivity contribution in [1.29, 1.82) is 0 Å². The van der Waals surface area contributed by atoms with Crippen molar-refractivity contribution in [3.05, 3.63) is 30.1 Å². The maximum atomic E-state index is 11.9. The molecular formula is C21H30ClN5O2S. The van der Waals surface area contributed by atoms with Crippen molar-refractivity contribution in [2.45, 2.75) is 52.0 Å². The van der Waals surface area contributed by atoms with Crippen LogP contribution in [-0.4, -0.2) is 41.1 Å². The number of nitrogens with two attached hydrogens (primary N) is 1. The third-order valence-electron chi connectivity index (χ3n) is 5.12. The van der Waals surface area contributed by atoms with Gasteiger partial charge in [0, 0.05) is 30.8 Å². The molecule has 0 amide bonds. The van der Waals surface area contributed by atoms with Crippen LogP contribution in [0.4, 0.5) is 5.82 Å². The monoisotopic (exact) mass is 451 g/mol. The van der Waals surface area contributed by atoms with E-state index in [-0.39, 0.29) is 5.75 Å². The van der Waals surface area contributed by atoms with Crippen LogP contribution in [0.3, 0.4) is 0 Å².